The molecule has 0 spiro atoms. The predicted molar refractivity (Wildman–Crippen MR) is 121 cm³/mol. The van der Waals surface area contributed by atoms with Crippen LogP contribution in [0.3, 0.4) is 0 Å². The summed E-state index contributed by atoms with van der Waals surface area (Å²) in [6.45, 7) is 5.00. The summed E-state index contributed by atoms with van der Waals surface area (Å²) in [6, 6.07) is 5.32. The van der Waals surface area contributed by atoms with Crippen LogP contribution in [0.4, 0.5) is 0 Å². The van der Waals surface area contributed by atoms with Crippen molar-refractivity contribution >= 4 is 36.3 Å². The highest BCUT2D eigenvalue weighted by molar-refractivity contribution is 7.80. The van der Waals surface area contributed by atoms with Crippen LogP contribution in [0.2, 0.25) is 0 Å². The smallest absolute Gasteiger partial charge is 0.326 e. The van der Waals surface area contributed by atoms with Crippen molar-refractivity contribution in [2.45, 2.75) is 57.8 Å². The Morgan fingerprint density at radius 2 is 1.61 bits per heavy atom. The van der Waals surface area contributed by atoms with Gasteiger partial charge < -0.3 is 26.8 Å². The van der Waals surface area contributed by atoms with Crippen molar-refractivity contribution in [1.82, 2.24) is 16.0 Å². The van der Waals surface area contributed by atoms with Gasteiger partial charge in [0.25, 0.3) is 0 Å². The molecule has 5 unspecified atom stereocenters. The fourth-order valence-electron chi connectivity index (χ4n) is 2.77. The minimum atomic E-state index is -1.15. The summed E-state index contributed by atoms with van der Waals surface area (Å²) in [5, 5.41) is 16.8. The summed E-state index contributed by atoms with van der Waals surface area (Å²) >= 11 is 4.07. The fraction of sp³-hybridized carbons (Fsp3) is 0.524. The van der Waals surface area contributed by atoms with Crippen molar-refractivity contribution in [3.05, 3.63) is 35.9 Å². The molecule has 0 aliphatic carbocycles. The van der Waals surface area contributed by atoms with Gasteiger partial charge in [0.05, 0.1) is 6.04 Å². The zero-order chi connectivity index (χ0) is 23.6. The molecule has 9 nitrogen and oxygen atoms in total. The number of hydrogen-bond donors (Lipinski definition) is 6. The predicted octanol–water partition coefficient (Wildman–Crippen LogP) is 0.0912. The number of carboxylic acids is 1. The van der Waals surface area contributed by atoms with Gasteiger partial charge in [-0.15, -0.1) is 0 Å². The van der Waals surface area contributed by atoms with Gasteiger partial charge in [-0.2, -0.15) is 12.6 Å². The van der Waals surface area contributed by atoms with Gasteiger partial charge >= 0.3 is 5.97 Å². The van der Waals surface area contributed by atoms with E-state index in [4.69, 9.17) is 5.73 Å². The van der Waals surface area contributed by atoms with Gasteiger partial charge in [-0.1, -0.05) is 50.6 Å². The number of aliphatic carboxylic acids is 1. The molecule has 0 bridgehead atoms. The molecule has 0 saturated heterocycles. The minimum absolute atomic E-state index is 0.0430. The first-order valence-corrected chi connectivity index (χ1v) is 10.8. The third kappa shape index (κ3) is 8.58. The first-order chi connectivity index (χ1) is 14.6. The number of benzene rings is 1. The molecular weight excluding hydrogens is 420 g/mol. The fourth-order valence-corrected chi connectivity index (χ4v) is 3.03. The molecule has 0 fully saturated rings. The Bertz CT molecular complexity index is 761. The van der Waals surface area contributed by atoms with E-state index in [0.717, 1.165) is 5.56 Å². The van der Waals surface area contributed by atoms with E-state index >= 15 is 0 Å². The van der Waals surface area contributed by atoms with Crippen molar-refractivity contribution in [3.8, 4) is 0 Å². The molecule has 31 heavy (non-hydrogen) atoms. The SMILES string of the molecule is CCC(C)C(NC(=O)C(CS)NC(=O)C(C)NC(=O)C(N)Cc1ccccc1)C(=O)O. The molecule has 0 radical (unpaired) electrons. The van der Waals surface area contributed by atoms with Crippen molar-refractivity contribution in [3.63, 3.8) is 0 Å². The molecule has 0 saturated carbocycles. The highest BCUT2D eigenvalue weighted by atomic mass is 32.1. The second-order valence-electron chi connectivity index (χ2n) is 7.48. The Kier molecular flexibility index (Phi) is 11.1. The molecule has 172 valence electrons. The molecule has 5 atom stereocenters. The number of carbonyl (C=O) groups excluding carboxylic acids is 3. The third-order valence-electron chi connectivity index (χ3n) is 4.98. The second kappa shape index (κ2) is 13.0. The number of nitrogens with two attached hydrogens (primary N) is 1. The van der Waals surface area contributed by atoms with Crippen molar-refractivity contribution in [2.75, 3.05) is 5.75 Å². The van der Waals surface area contributed by atoms with E-state index in [9.17, 15) is 24.3 Å². The minimum Gasteiger partial charge on any atom is -0.480 e. The van der Waals surface area contributed by atoms with E-state index in [0.29, 0.717) is 12.8 Å². The van der Waals surface area contributed by atoms with Crippen LogP contribution >= 0.6 is 12.6 Å². The molecule has 0 aliphatic rings. The van der Waals surface area contributed by atoms with Crippen molar-refractivity contribution in [2.24, 2.45) is 11.7 Å². The highest BCUT2D eigenvalue weighted by Crippen LogP contribution is 2.08. The Morgan fingerprint density at radius 3 is 2.13 bits per heavy atom. The van der Waals surface area contributed by atoms with E-state index < -0.39 is 47.9 Å². The van der Waals surface area contributed by atoms with Gasteiger partial charge in [0.1, 0.15) is 18.1 Å². The number of carbonyl (C=O) groups is 4. The Morgan fingerprint density at radius 1 is 1.00 bits per heavy atom. The summed E-state index contributed by atoms with van der Waals surface area (Å²) in [4.78, 5) is 48.6. The van der Waals surface area contributed by atoms with Gasteiger partial charge in [0, 0.05) is 5.75 Å². The van der Waals surface area contributed by atoms with Crippen LogP contribution in [0, 0.1) is 5.92 Å². The maximum absolute atomic E-state index is 12.5. The van der Waals surface area contributed by atoms with Gasteiger partial charge in [-0.05, 0) is 24.8 Å². The molecular formula is C21H32N4O5S. The van der Waals surface area contributed by atoms with Gasteiger partial charge in [0.2, 0.25) is 17.7 Å². The maximum atomic E-state index is 12.5. The number of rotatable bonds is 12. The van der Waals surface area contributed by atoms with Gasteiger partial charge in [0.15, 0.2) is 0 Å². The molecule has 3 amide bonds. The summed E-state index contributed by atoms with van der Waals surface area (Å²) in [6.07, 6.45) is 0.871. The van der Waals surface area contributed by atoms with Crippen LogP contribution in [0.15, 0.2) is 30.3 Å². The zero-order valence-electron chi connectivity index (χ0n) is 18.0. The molecule has 10 heteroatoms. The molecule has 0 heterocycles. The van der Waals surface area contributed by atoms with E-state index in [1.54, 1.807) is 6.92 Å². The Balaban J connectivity index is 2.64. The number of nitrogens with one attached hydrogen (secondary N) is 3. The van der Waals surface area contributed by atoms with E-state index in [-0.39, 0.29) is 11.7 Å². The van der Waals surface area contributed by atoms with Crippen LogP contribution in [-0.4, -0.2) is 58.7 Å². The van der Waals surface area contributed by atoms with Gasteiger partial charge in [-0.3, -0.25) is 14.4 Å². The monoisotopic (exact) mass is 452 g/mol. The number of thiol groups is 1. The first kappa shape index (κ1) is 26.4. The quantitative estimate of drug-likeness (QED) is 0.247. The molecule has 0 aromatic heterocycles. The summed E-state index contributed by atoms with van der Waals surface area (Å²) in [5.41, 5.74) is 6.81. The average Bonchev–Trinajstić information content (AvgIpc) is 2.75. The van der Waals surface area contributed by atoms with Crippen molar-refractivity contribution < 1.29 is 24.3 Å². The zero-order valence-corrected chi connectivity index (χ0v) is 18.9. The van der Waals surface area contributed by atoms with Gasteiger partial charge in [-0.25, -0.2) is 4.79 Å². The lowest BCUT2D eigenvalue weighted by molar-refractivity contribution is -0.143. The van der Waals surface area contributed by atoms with Crippen LogP contribution in [-0.2, 0) is 25.6 Å². The van der Waals surface area contributed by atoms with Crippen LogP contribution in [0.5, 0.6) is 0 Å². The molecule has 0 aliphatic heterocycles. The number of amides is 3. The molecule has 1 aromatic rings. The average molecular weight is 453 g/mol. The third-order valence-corrected chi connectivity index (χ3v) is 5.34. The number of carboxylic acid groups (broad SMARTS) is 1. The Hall–Kier alpha value is -2.59. The largest absolute Gasteiger partial charge is 0.480 e. The molecule has 1 rings (SSSR count). The summed E-state index contributed by atoms with van der Waals surface area (Å²) in [7, 11) is 0. The lowest BCUT2D eigenvalue weighted by Crippen LogP contribution is -2.57. The topological polar surface area (TPSA) is 151 Å². The first-order valence-electron chi connectivity index (χ1n) is 10.1. The molecule has 6 N–H and O–H groups in total. The van der Waals surface area contributed by atoms with Crippen molar-refractivity contribution in [1.29, 1.82) is 0 Å². The van der Waals surface area contributed by atoms with E-state index in [2.05, 4.69) is 28.6 Å². The van der Waals surface area contributed by atoms with E-state index in [1.807, 2.05) is 37.3 Å². The summed E-state index contributed by atoms with van der Waals surface area (Å²) < 4.78 is 0. The second-order valence-corrected chi connectivity index (χ2v) is 7.85. The van der Waals surface area contributed by atoms with Crippen LogP contribution < -0.4 is 21.7 Å². The van der Waals surface area contributed by atoms with Crippen LogP contribution in [0.25, 0.3) is 0 Å². The standard InChI is InChI=1S/C21H32N4O5S/c1-4-12(2)17(21(29)30)25-20(28)16(11-31)24-18(26)13(3)23-19(27)15(22)10-14-8-6-5-7-9-14/h5-9,12-13,15-17,31H,4,10-11,22H2,1-3H3,(H,23,27)(H,24,26)(H,25,28)(H,29,30). The normalized spacial score (nSPS) is 15.6. The summed E-state index contributed by atoms with van der Waals surface area (Å²) in [5.74, 6) is -3.25. The number of hydrogen-bond acceptors (Lipinski definition) is 6. The highest BCUT2D eigenvalue weighted by Gasteiger charge is 2.30. The van der Waals surface area contributed by atoms with E-state index in [1.165, 1.54) is 6.92 Å². The Labute approximate surface area is 187 Å². The molecule has 1 aromatic carbocycles. The maximum Gasteiger partial charge on any atom is 0.326 e. The lowest BCUT2D eigenvalue weighted by Gasteiger charge is -2.24. The van der Waals surface area contributed by atoms with Crippen LogP contribution in [0.1, 0.15) is 32.8 Å². The lowest BCUT2D eigenvalue weighted by atomic mass is 9.99.